The van der Waals surface area contributed by atoms with Crippen LogP contribution < -0.4 is 10.2 Å². The van der Waals surface area contributed by atoms with E-state index in [0.29, 0.717) is 6.04 Å². The molecule has 0 amide bonds. The molecule has 0 aromatic heterocycles. The van der Waals surface area contributed by atoms with Crippen molar-refractivity contribution in [2.45, 2.75) is 32.7 Å². The Hall–Kier alpha value is -0.730. The van der Waals surface area contributed by atoms with Crippen LogP contribution in [0.15, 0.2) is 18.2 Å². The molecule has 0 aliphatic heterocycles. The molecule has 0 bridgehead atoms. The van der Waals surface area contributed by atoms with Gasteiger partial charge in [-0.25, -0.2) is 0 Å². The lowest BCUT2D eigenvalue weighted by Gasteiger charge is -2.21. The lowest BCUT2D eigenvalue weighted by atomic mass is 10.1. The molecule has 3 heteroatoms. The van der Waals surface area contributed by atoms with E-state index in [9.17, 15) is 0 Å². The molecule has 1 aliphatic carbocycles. The van der Waals surface area contributed by atoms with Gasteiger partial charge in [0.1, 0.15) is 0 Å². The van der Waals surface area contributed by atoms with Gasteiger partial charge >= 0.3 is 0 Å². The van der Waals surface area contributed by atoms with E-state index in [1.165, 1.54) is 24.1 Å². The Morgan fingerprint density at radius 3 is 2.72 bits per heavy atom. The van der Waals surface area contributed by atoms with Gasteiger partial charge in [0.15, 0.2) is 0 Å². The van der Waals surface area contributed by atoms with Gasteiger partial charge in [-0.3, -0.25) is 0 Å². The van der Waals surface area contributed by atoms with Crippen LogP contribution in [0.3, 0.4) is 0 Å². The number of rotatable bonds is 6. The normalized spacial score (nSPS) is 16.7. The van der Waals surface area contributed by atoms with E-state index < -0.39 is 0 Å². The minimum atomic E-state index is 0.310. The summed E-state index contributed by atoms with van der Waals surface area (Å²) in [4.78, 5) is 2.31. The van der Waals surface area contributed by atoms with Crippen LogP contribution in [0.4, 0.5) is 5.69 Å². The smallest absolute Gasteiger partial charge is 0.0474 e. The van der Waals surface area contributed by atoms with Gasteiger partial charge in [0.2, 0.25) is 0 Å². The number of hydrogen-bond acceptors (Lipinski definition) is 2. The highest BCUT2D eigenvalue weighted by molar-refractivity contribution is 6.31. The van der Waals surface area contributed by atoms with Crippen LogP contribution in [0, 0.1) is 5.92 Å². The van der Waals surface area contributed by atoms with Crippen LogP contribution in [0.2, 0.25) is 5.02 Å². The summed E-state index contributed by atoms with van der Waals surface area (Å²) in [5.41, 5.74) is 2.40. The van der Waals surface area contributed by atoms with E-state index in [0.717, 1.165) is 24.0 Å². The van der Waals surface area contributed by atoms with Gasteiger partial charge in [-0.2, -0.15) is 0 Å². The predicted molar refractivity (Wildman–Crippen MR) is 79.5 cm³/mol. The Bertz CT molecular complexity index is 401. The number of nitrogens with zero attached hydrogens (tertiary/aromatic N) is 1. The number of hydrogen-bond donors (Lipinski definition) is 1. The van der Waals surface area contributed by atoms with E-state index >= 15 is 0 Å². The van der Waals surface area contributed by atoms with Crippen LogP contribution >= 0.6 is 11.6 Å². The van der Waals surface area contributed by atoms with Gasteiger partial charge in [-0.05, 0) is 49.9 Å². The molecule has 2 rings (SSSR count). The van der Waals surface area contributed by atoms with E-state index in [2.05, 4.69) is 49.3 Å². The molecular formula is C15H23ClN2. The molecule has 1 unspecified atom stereocenters. The quantitative estimate of drug-likeness (QED) is 0.841. The van der Waals surface area contributed by atoms with Crippen LogP contribution in [0.5, 0.6) is 0 Å². The van der Waals surface area contributed by atoms with Crippen molar-refractivity contribution in [1.29, 1.82) is 0 Å². The van der Waals surface area contributed by atoms with Gasteiger partial charge in [-0.1, -0.05) is 24.6 Å². The zero-order chi connectivity index (χ0) is 13.1. The summed E-state index contributed by atoms with van der Waals surface area (Å²) in [6, 6.07) is 6.73. The molecule has 2 nitrogen and oxygen atoms in total. The zero-order valence-electron chi connectivity index (χ0n) is 11.5. The highest BCUT2D eigenvalue weighted by atomic mass is 35.5. The summed E-state index contributed by atoms with van der Waals surface area (Å²) in [5, 5.41) is 4.26. The molecule has 1 saturated carbocycles. The molecule has 0 saturated heterocycles. The summed E-state index contributed by atoms with van der Waals surface area (Å²) in [5.74, 6) is 0.897. The third-order valence-electron chi connectivity index (χ3n) is 3.63. The highest BCUT2D eigenvalue weighted by Gasteiger charge is 2.23. The molecule has 1 aromatic carbocycles. The lowest BCUT2D eigenvalue weighted by molar-refractivity contribution is 0.598. The third-order valence-corrected chi connectivity index (χ3v) is 3.96. The van der Waals surface area contributed by atoms with E-state index in [1.54, 1.807) is 0 Å². The molecule has 1 atom stereocenters. The second-order valence-corrected chi connectivity index (χ2v) is 5.72. The fraction of sp³-hybridized carbons (Fsp3) is 0.600. The van der Waals surface area contributed by atoms with Crippen molar-refractivity contribution in [3.8, 4) is 0 Å². The Labute approximate surface area is 115 Å². The average molecular weight is 267 g/mol. The molecule has 1 aromatic rings. The van der Waals surface area contributed by atoms with Crippen LogP contribution in [-0.2, 0) is 0 Å². The minimum absolute atomic E-state index is 0.310. The topological polar surface area (TPSA) is 15.3 Å². The second-order valence-electron chi connectivity index (χ2n) is 5.31. The van der Waals surface area contributed by atoms with E-state index in [4.69, 9.17) is 11.6 Å². The number of nitrogens with one attached hydrogen (secondary N) is 1. The van der Waals surface area contributed by atoms with Crippen molar-refractivity contribution >= 4 is 17.3 Å². The maximum atomic E-state index is 6.39. The molecule has 1 N–H and O–H groups in total. The standard InChI is InChI=1S/C15H23ClN2/c1-4-17-11(2)14-8-7-13(9-15(14)16)18(3)10-12-5-6-12/h7-9,11-12,17H,4-6,10H2,1-3H3. The van der Waals surface area contributed by atoms with Crippen LogP contribution in [0.25, 0.3) is 0 Å². The first-order chi connectivity index (χ1) is 8.61. The molecule has 1 aliphatic rings. The van der Waals surface area contributed by atoms with Crippen LogP contribution in [-0.4, -0.2) is 20.1 Å². The molecule has 0 radical (unpaired) electrons. The summed E-state index contributed by atoms with van der Waals surface area (Å²) in [6.45, 7) is 6.37. The van der Waals surface area contributed by atoms with Gasteiger partial charge in [0.05, 0.1) is 0 Å². The summed E-state index contributed by atoms with van der Waals surface area (Å²) >= 11 is 6.39. The van der Waals surface area contributed by atoms with E-state index in [-0.39, 0.29) is 0 Å². The van der Waals surface area contributed by atoms with Gasteiger partial charge in [-0.15, -0.1) is 0 Å². The van der Waals surface area contributed by atoms with Gasteiger partial charge in [0.25, 0.3) is 0 Å². The predicted octanol–water partition coefficient (Wildman–Crippen LogP) is 3.86. The Balaban J connectivity index is 2.07. The average Bonchev–Trinajstić information content (AvgIpc) is 3.13. The van der Waals surface area contributed by atoms with Crippen molar-refractivity contribution in [3.05, 3.63) is 28.8 Å². The Morgan fingerprint density at radius 2 is 2.17 bits per heavy atom. The fourth-order valence-corrected chi connectivity index (χ4v) is 2.65. The number of benzene rings is 1. The first-order valence-corrected chi connectivity index (χ1v) is 7.23. The summed E-state index contributed by atoms with van der Waals surface area (Å²) < 4.78 is 0. The van der Waals surface area contributed by atoms with Crippen LogP contribution in [0.1, 0.15) is 38.3 Å². The van der Waals surface area contributed by atoms with Crippen molar-refractivity contribution in [2.75, 3.05) is 25.0 Å². The maximum Gasteiger partial charge on any atom is 0.0474 e. The van der Waals surface area contributed by atoms with Gasteiger partial charge < -0.3 is 10.2 Å². The fourth-order valence-electron chi connectivity index (χ4n) is 2.31. The molecule has 18 heavy (non-hydrogen) atoms. The van der Waals surface area contributed by atoms with Gasteiger partial charge in [0, 0.05) is 30.3 Å². The molecule has 0 heterocycles. The number of halogens is 1. The Morgan fingerprint density at radius 1 is 1.44 bits per heavy atom. The monoisotopic (exact) mass is 266 g/mol. The highest BCUT2D eigenvalue weighted by Crippen LogP contribution is 2.32. The summed E-state index contributed by atoms with van der Waals surface area (Å²) in [6.07, 6.45) is 2.77. The Kier molecular flexibility index (Phi) is 4.52. The molecule has 100 valence electrons. The maximum absolute atomic E-state index is 6.39. The first-order valence-electron chi connectivity index (χ1n) is 6.85. The molecule has 1 fully saturated rings. The SMILES string of the molecule is CCNC(C)c1ccc(N(C)CC2CC2)cc1Cl. The molecule has 0 spiro atoms. The first kappa shape index (κ1) is 13.7. The number of anilines is 1. The van der Waals surface area contributed by atoms with Crippen molar-refractivity contribution in [1.82, 2.24) is 5.32 Å². The van der Waals surface area contributed by atoms with E-state index in [1.807, 2.05) is 0 Å². The van der Waals surface area contributed by atoms with Crippen molar-refractivity contribution in [3.63, 3.8) is 0 Å². The zero-order valence-corrected chi connectivity index (χ0v) is 12.3. The largest absolute Gasteiger partial charge is 0.374 e. The summed E-state index contributed by atoms with van der Waals surface area (Å²) in [7, 11) is 2.15. The molecular weight excluding hydrogens is 244 g/mol. The second kappa shape index (κ2) is 5.94. The third kappa shape index (κ3) is 3.39. The van der Waals surface area contributed by atoms with Crippen molar-refractivity contribution < 1.29 is 0 Å². The minimum Gasteiger partial charge on any atom is -0.374 e. The lowest BCUT2D eigenvalue weighted by Crippen LogP contribution is -2.21. The van der Waals surface area contributed by atoms with Crippen molar-refractivity contribution in [2.24, 2.45) is 5.92 Å².